The van der Waals surface area contributed by atoms with Crippen molar-refractivity contribution in [2.45, 2.75) is 29.0 Å². The van der Waals surface area contributed by atoms with Crippen LogP contribution in [0.1, 0.15) is 12.5 Å². The quantitative estimate of drug-likeness (QED) is 0.602. The van der Waals surface area contributed by atoms with Gasteiger partial charge in [0.05, 0.1) is 19.3 Å². The van der Waals surface area contributed by atoms with Crippen LogP contribution in [0.25, 0.3) is 0 Å². The summed E-state index contributed by atoms with van der Waals surface area (Å²) in [6, 6.07) is 8.90. The van der Waals surface area contributed by atoms with Crippen LogP contribution in [0.2, 0.25) is 0 Å². The molecule has 0 amide bonds. The van der Waals surface area contributed by atoms with Crippen LogP contribution in [-0.2, 0) is 20.4 Å². The third kappa shape index (κ3) is 4.79. The van der Waals surface area contributed by atoms with E-state index in [4.69, 9.17) is 4.74 Å². The van der Waals surface area contributed by atoms with Crippen molar-refractivity contribution in [1.29, 1.82) is 0 Å². The molecule has 2 unspecified atom stereocenters. The maximum absolute atomic E-state index is 13.3. The molecule has 2 aromatic rings. The van der Waals surface area contributed by atoms with Gasteiger partial charge < -0.3 is 19.6 Å². The molecule has 7 nitrogen and oxygen atoms in total. The number of halogens is 3. The fourth-order valence-electron chi connectivity index (χ4n) is 5.45. The van der Waals surface area contributed by atoms with E-state index in [1.54, 1.807) is 29.6 Å². The maximum atomic E-state index is 13.3. The Kier molecular flexibility index (Phi) is 6.88. The highest BCUT2D eigenvalue weighted by Crippen LogP contribution is 2.39. The molecule has 4 atom stereocenters. The molecule has 5 rings (SSSR count). The minimum Gasteiger partial charge on any atom is -0.381 e. The summed E-state index contributed by atoms with van der Waals surface area (Å²) in [5, 5.41) is 11.8. The lowest BCUT2D eigenvalue weighted by Crippen LogP contribution is -2.58. The van der Waals surface area contributed by atoms with E-state index < -0.39 is 21.8 Å². The molecule has 4 heterocycles. The van der Waals surface area contributed by atoms with Crippen molar-refractivity contribution in [1.82, 2.24) is 9.21 Å². The van der Waals surface area contributed by atoms with Gasteiger partial charge in [-0.2, -0.15) is 17.5 Å². The average molecular weight is 546 g/mol. The molecular formula is C24H30F3N3O4S2. The van der Waals surface area contributed by atoms with Gasteiger partial charge in [-0.05, 0) is 36.1 Å². The second-order valence-corrected chi connectivity index (χ2v) is 13.1. The van der Waals surface area contributed by atoms with Gasteiger partial charge in [-0.15, -0.1) is 11.3 Å². The van der Waals surface area contributed by atoms with Crippen LogP contribution in [0.5, 0.6) is 0 Å². The number of hydrogen-bond donors (Lipinski definition) is 1. The zero-order valence-corrected chi connectivity index (χ0v) is 21.5. The van der Waals surface area contributed by atoms with Crippen LogP contribution in [0.3, 0.4) is 0 Å². The first kappa shape index (κ1) is 25.9. The highest BCUT2D eigenvalue weighted by molar-refractivity contribution is 7.91. The number of nitrogens with zero attached hydrogens (tertiary/aromatic N) is 3. The van der Waals surface area contributed by atoms with Crippen molar-refractivity contribution in [2.24, 2.45) is 11.8 Å². The number of anilines is 1. The molecule has 0 aliphatic carbocycles. The number of sulfonamides is 1. The maximum Gasteiger partial charge on any atom is 0.421 e. The Morgan fingerprint density at radius 1 is 1.06 bits per heavy atom. The first-order valence-electron chi connectivity index (χ1n) is 12.0. The van der Waals surface area contributed by atoms with Gasteiger partial charge in [0.25, 0.3) is 10.0 Å². The molecule has 3 fully saturated rings. The minimum absolute atomic E-state index is 0.179. The van der Waals surface area contributed by atoms with Crippen LogP contribution in [0.4, 0.5) is 18.9 Å². The van der Waals surface area contributed by atoms with Crippen molar-refractivity contribution in [3.8, 4) is 0 Å². The second kappa shape index (κ2) is 9.55. The number of alkyl halides is 3. The largest absolute Gasteiger partial charge is 0.421 e. The van der Waals surface area contributed by atoms with E-state index in [-0.39, 0.29) is 24.7 Å². The summed E-state index contributed by atoms with van der Waals surface area (Å²) in [6.07, 6.45) is -4.80. The summed E-state index contributed by atoms with van der Waals surface area (Å²) in [7, 11) is -3.62. The standard InChI is InChI=1S/C24H30F3N3O4S2/c1-23(31,24(25,26)27)19-4-6-20(7-5-19)30-9-8-29(36(32,33)22-3-2-10-35-22)14-21(30)13-28-11-17-15-34-16-18(17)12-28/h2-7,10,17-18,21,31H,8-9,11-16H2,1H3/t17-,18?,21-,23?/m0/s1. The monoisotopic (exact) mass is 545 g/mol. The molecule has 12 heteroatoms. The fraction of sp³-hybridized carbons (Fsp3) is 0.583. The zero-order valence-electron chi connectivity index (χ0n) is 19.9. The number of likely N-dealkylation sites (tertiary alicyclic amines) is 1. The van der Waals surface area contributed by atoms with Crippen molar-refractivity contribution in [2.75, 3.05) is 57.4 Å². The first-order chi connectivity index (χ1) is 17.0. The van der Waals surface area contributed by atoms with E-state index in [0.717, 1.165) is 33.2 Å². The van der Waals surface area contributed by atoms with Crippen LogP contribution in [0, 0.1) is 11.8 Å². The number of piperazine rings is 1. The molecule has 0 spiro atoms. The number of aliphatic hydroxyl groups is 1. The number of hydrogen-bond acceptors (Lipinski definition) is 7. The van der Waals surface area contributed by atoms with Crippen LogP contribution in [-0.4, -0.2) is 87.4 Å². The van der Waals surface area contributed by atoms with Gasteiger partial charge >= 0.3 is 6.18 Å². The highest BCUT2D eigenvalue weighted by Gasteiger charge is 2.51. The summed E-state index contributed by atoms with van der Waals surface area (Å²) >= 11 is 1.19. The van der Waals surface area contributed by atoms with E-state index in [1.165, 1.54) is 27.8 Å². The van der Waals surface area contributed by atoms with Gasteiger partial charge in [0.15, 0.2) is 5.60 Å². The van der Waals surface area contributed by atoms with E-state index in [1.807, 2.05) is 0 Å². The van der Waals surface area contributed by atoms with Crippen molar-refractivity contribution in [3.05, 3.63) is 47.3 Å². The molecule has 3 saturated heterocycles. The van der Waals surface area contributed by atoms with Gasteiger partial charge in [-0.25, -0.2) is 8.42 Å². The van der Waals surface area contributed by atoms with Gasteiger partial charge in [0, 0.05) is 56.8 Å². The lowest BCUT2D eigenvalue weighted by Gasteiger charge is -2.43. The Balaban J connectivity index is 1.38. The molecule has 0 bridgehead atoms. The van der Waals surface area contributed by atoms with Crippen molar-refractivity contribution < 1.29 is 31.4 Å². The van der Waals surface area contributed by atoms with E-state index in [2.05, 4.69) is 9.80 Å². The lowest BCUT2D eigenvalue weighted by atomic mass is 9.95. The van der Waals surface area contributed by atoms with Crippen LogP contribution in [0.15, 0.2) is 46.0 Å². The number of ether oxygens (including phenoxy) is 1. The second-order valence-electron chi connectivity index (χ2n) is 10.0. The summed E-state index contributed by atoms with van der Waals surface area (Å²) in [5.74, 6) is 0.966. The van der Waals surface area contributed by atoms with Gasteiger partial charge in [-0.1, -0.05) is 18.2 Å². The SMILES string of the molecule is CC(O)(c1ccc(N2CCN(S(=O)(=O)c3cccs3)C[C@@H]2CN2CC3COC[C@@H]3C2)cc1)C(F)(F)F. The molecule has 1 aromatic heterocycles. The molecule has 198 valence electrons. The van der Waals surface area contributed by atoms with Crippen molar-refractivity contribution in [3.63, 3.8) is 0 Å². The molecule has 0 radical (unpaired) electrons. The molecule has 1 N–H and O–H groups in total. The molecule has 3 aliphatic rings. The molecule has 0 saturated carbocycles. The Labute approximate surface area is 213 Å². The summed E-state index contributed by atoms with van der Waals surface area (Å²) in [6.45, 7) is 5.62. The summed E-state index contributed by atoms with van der Waals surface area (Å²) in [4.78, 5) is 4.43. The number of benzene rings is 1. The van der Waals surface area contributed by atoms with Crippen LogP contribution < -0.4 is 4.90 Å². The van der Waals surface area contributed by atoms with Gasteiger partial charge in [0.1, 0.15) is 4.21 Å². The summed E-state index contributed by atoms with van der Waals surface area (Å²) in [5.41, 5.74) is -2.48. The Bertz CT molecular complexity index is 1140. The topological polar surface area (TPSA) is 73.3 Å². The molecular weight excluding hydrogens is 515 g/mol. The fourth-order valence-corrected chi connectivity index (χ4v) is 8.06. The number of thiophene rings is 1. The first-order valence-corrected chi connectivity index (χ1v) is 14.3. The molecule has 36 heavy (non-hydrogen) atoms. The predicted molar refractivity (Wildman–Crippen MR) is 131 cm³/mol. The van der Waals surface area contributed by atoms with Gasteiger partial charge in [0.2, 0.25) is 0 Å². The van der Waals surface area contributed by atoms with E-state index in [0.29, 0.717) is 34.8 Å². The zero-order chi connectivity index (χ0) is 25.7. The van der Waals surface area contributed by atoms with E-state index in [9.17, 15) is 26.7 Å². The third-order valence-corrected chi connectivity index (χ3v) is 10.9. The Morgan fingerprint density at radius 3 is 2.31 bits per heavy atom. The molecule has 3 aliphatic heterocycles. The smallest absolute Gasteiger partial charge is 0.381 e. The third-order valence-electron chi connectivity index (χ3n) is 7.63. The highest BCUT2D eigenvalue weighted by atomic mass is 32.2. The average Bonchev–Trinajstić information content (AvgIpc) is 3.57. The Hall–Kier alpha value is -1.70. The van der Waals surface area contributed by atoms with Crippen LogP contribution >= 0.6 is 11.3 Å². The summed E-state index contributed by atoms with van der Waals surface area (Å²) < 4.78 is 73.8. The molecule has 1 aromatic carbocycles. The Morgan fingerprint density at radius 2 is 1.72 bits per heavy atom. The van der Waals surface area contributed by atoms with E-state index >= 15 is 0 Å². The number of rotatable bonds is 6. The number of fused-ring (bicyclic) bond motifs is 1. The predicted octanol–water partition coefficient (Wildman–Crippen LogP) is 2.98. The lowest BCUT2D eigenvalue weighted by molar-refractivity contribution is -0.258. The van der Waals surface area contributed by atoms with Crippen molar-refractivity contribution >= 4 is 27.0 Å². The minimum atomic E-state index is -4.80. The van der Waals surface area contributed by atoms with Gasteiger partial charge in [-0.3, -0.25) is 0 Å². The normalized spacial score (nSPS) is 27.8.